The number of piperidine rings is 1. The van der Waals surface area contributed by atoms with Gasteiger partial charge in [-0.1, -0.05) is 0 Å². The fourth-order valence-electron chi connectivity index (χ4n) is 5.90. The number of hydrogen-bond acceptors (Lipinski definition) is 6. The molecule has 1 N–H and O–H groups in total. The summed E-state index contributed by atoms with van der Waals surface area (Å²) in [5.41, 5.74) is 1.98. The van der Waals surface area contributed by atoms with Crippen molar-refractivity contribution in [2.24, 2.45) is 11.8 Å². The van der Waals surface area contributed by atoms with E-state index in [0.29, 0.717) is 23.7 Å². The summed E-state index contributed by atoms with van der Waals surface area (Å²) in [5.74, 6) is 1.60. The van der Waals surface area contributed by atoms with Gasteiger partial charge in [-0.2, -0.15) is 0 Å². The summed E-state index contributed by atoms with van der Waals surface area (Å²) in [7, 11) is 5.80. The van der Waals surface area contributed by atoms with E-state index in [1.165, 1.54) is 38.9 Å². The summed E-state index contributed by atoms with van der Waals surface area (Å²) < 4.78 is 0. The van der Waals surface area contributed by atoms with E-state index in [9.17, 15) is 14.9 Å². The molecule has 1 amide bonds. The first-order chi connectivity index (χ1) is 15.8. The van der Waals surface area contributed by atoms with Crippen LogP contribution in [0.4, 0.5) is 11.4 Å². The summed E-state index contributed by atoms with van der Waals surface area (Å²) >= 11 is 0. The third-order valence-corrected chi connectivity index (χ3v) is 7.92. The van der Waals surface area contributed by atoms with Gasteiger partial charge in [0.2, 0.25) is 0 Å². The van der Waals surface area contributed by atoms with Gasteiger partial charge >= 0.3 is 0 Å². The Kier molecular flexibility index (Phi) is 7.54. The van der Waals surface area contributed by atoms with Crippen LogP contribution in [-0.2, 0) is 6.54 Å². The van der Waals surface area contributed by atoms with Gasteiger partial charge in [-0.05, 0) is 95.1 Å². The molecule has 8 nitrogen and oxygen atoms in total. The van der Waals surface area contributed by atoms with Crippen LogP contribution in [0.25, 0.3) is 0 Å². The Morgan fingerprint density at radius 3 is 2.39 bits per heavy atom. The maximum absolute atomic E-state index is 13.2. The second kappa shape index (κ2) is 10.4. The number of hydrogen-bond donors (Lipinski definition) is 1. The van der Waals surface area contributed by atoms with Crippen LogP contribution in [0.15, 0.2) is 12.1 Å². The zero-order valence-electron chi connectivity index (χ0n) is 20.4. The third-order valence-electron chi connectivity index (χ3n) is 7.92. The smallest absolute Gasteiger partial charge is 0.292 e. The molecule has 0 bridgehead atoms. The fourth-order valence-corrected chi connectivity index (χ4v) is 5.90. The summed E-state index contributed by atoms with van der Waals surface area (Å²) in [4.78, 5) is 30.5. The van der Waals surface area contributed by atoms with Gasteiger partial charge < -0.3 is 20.0 Å². The molecule has 182 valence electrons. The third kappa shape index (κ3) is 5.49. The maximum atomic E-state index is 13.2. The number of nitrogens with zero attached hydrogens (tertiary/aromatic N) is 4. The highest BCUT2D eigenvalue weighted by Gasteiger charge is 2.37. The number of benzene rings is 1. The number of fused-ring (bicyclic) bond motifs is 1. The maximum Gasteiger partial charge on any atom is 0.292 e. The van der Waals surface area contributed by atoms with Crippen LogP contribution in [-0.4, -0.2) is 74.0 Å². The lowest BCUT2D eigenvalue weighted by Crippen LogP contribution is -2.40. The lowest BCUT2D eigenvalue weighted by Gasteiger charge is -2.36. The molecule has 1 saturated carbocycles. The topological polar surface area (TPSA) is 82.0 Å². The second-order valence-electron chi connectivity index (χ2n) is 10.5. The second-order valence-corrected chi connectivity index (χ2v) is 10.5. The monoisotopic (exact) mass is 457 g/mol. The zero-order valence-corrected chi connectivity index (χ0v) is 20.4. The summed E-state index contributed by atoms with van der Waals surface area (Å²) in [6.07, 6.45) is 8.26. The van der Waals surface area contributed by atoms with Gasteiger partial charge in [-0.15, -0.1) is 0 Å². The number of rotatable bonds is 8. The number of nitro groups is 1. The highest BCUT2D eigenvalue weighted by atomic mass is 16.6. The van der Waals surface area contributed by atoms with Crippen LogP contribution in [0, 0.1) is 22.0 Å². The molecule has 33 heavy (non-hydrogen) atoms. The highest BCUT2D eigenvalue weighted by molar-refractivity contribution is 6.00. The average Bonchev–Trinajstić information content (AvgIpc) is 3.13. The van der Waals surface area contributed by atoms with Gasteiger partial charge in [0.05, 0.1) is 4.92 Å². The Labute approximate surface area is 197 Å². The summed E-state index contributed by atoms with van der Waals surface area (Å²) in [5, 5.41) is 15.0. The Morgan fingerprint density at radius 1 is 1.06 bits per heavy atom. The molecular weight excluding hydrogens is 418 g/mol. The molecular formula is C25H39N5O3. The number of amides is 1. The predicted octanol–water partition coefficient (Wildman–Crippen LogP) is 3.50. The zero-order chi connectivity index (χ0) is 23.5. The standard InChI is InChI=1S/C25H39N5O3/c1-27(2)23-15-22-20(14-24(23)30(32)33)17-29(25(22)31)21-6-4-19(5-7-21)16-28(3)13-10-18-8-11-26-12-9-18/h14-15,18-19,21,26H,4-13,16-17H2,1-3H3/t19-,21-. The van der Waals surface area contributed by atoms with Crippen molar-refractivity contribution in [1.82, 2.24) is 15.1 Å². The molecule has 1 aromatic rings. The van der Waals surface area contributed by atoms with Crippen molar-refractivity contribution >= 4 is 17.3 Å². The van der Waals surface area contributed by atoms with Crippen LogP contribution < -0.4 is 10.2 Å². The molecule has 0 aromatic heterocycles. The number of carbonyl (C=O) groups is 1. The first-order valence-corrected chi connectivity index (χ1v) is 12.5. The number of nitrogens with one attached hydrogen (secondary N) is 1. The van der Waals surface area contributed by atoms with Crippen molar-refractivity contribution in [1.29, 1.82) is 0 Å². The molecule has 1 aliphatic carbocycles. The van der Waals surface area contributed by atoms with Crippen molar-refractivity contribution in [2.45, 2.75) is 57.5 Å². The SMILES string of the molecule is CN(CCC1CCNCC1)C[C@H]1CC[C@H](N2Cc3cc([N+](=O)[O-])c(N(C)C)cc3C2=O)CC1. The Bertz CT molecular complexity index is 860. The molecule has 0 unspecified atom stereocenters. The lowest BCUT2D eigenvalue weighted by atomic mass is 9.85. The van der Waals surface area contributed by atoms with E-state index in [1.54, 1.807) is 31.1 Å². The molecule has 3 aliphatic rings. The molecule has 1 saturated heterocycles. The lowest BCUT2D eigenvalue weighted by molar-refractivity contribution is -0.384. The predicted molar refractivity (Wildman–Crippen MR) is 131 cm³/mol. The highest BCUT2D eigenvalue weighted by Crippen LogP contribution is 2.38. The van der Waals surface area contributed by atoms with Crippen LogP contribution in [0.1, 0.15) is 60.9 Å². The first kappa shape index (κ1) is 24.0. The summed E-state index contributed by atoms with van der Waals surface area (Å²) in [6, 6.07) is 3.55. The van der Waals surface area contributed by atoms with Crippen molar-refractivity contribution in [2.75, 3.05) is 52.2 Å². The number of carbonyl (C=O) groups excluding carboxylic acids is 1. The van der Waals surface area contributed by atoms with Crippen LogP contribution in [0.2, 0.25) is 0 Å². The molecule has 0 spiro atoms. The van der Waals surface area contributed by atoms with E-state index in [4.69, 9.17) is 0 Å². The molecule has 0 radical (unpaired) electrons. The van der Waals surface area contributed by atoms with E-state index >= 15 is 0 Å². The van der Waals surface area contributed by atoms with Gasteiger partial charge in [0, 0.05) is 44.9 Å². The quantitative estimate of drug-likeness (QED) is 0.475. The van der Waals surface area contributed by atoms with E-state index in [1.807, 2.05) is 4.90 Å². The van der Waals surface area contributed by atoms with Crippen molar-refractivity contribution in [3.63, 3.8) is 0 Å². The normalized spacial score (nSPS) is 23.8. The molecule has 0 atom stereocenters. The van der Waals surface area contributed by atoms with Crippen molar-refractivity contribution < 1.29 is 9.72 Å². The minimum Gasteiger partial charge on any atom is -0.372 e. The minimum atomic E-state index is -0.352. The number of nitro benzene ring substituents is 1. The number of anilines is 1. The average molecular weight is 458 g/mol. The van der Waals surface area contributed by atoms with E-state index in [0.717, 1.165) is 43.7 Å². The van der Waals surface area contributed by atoms with Crippen molar-refractivity contribution in [3.05, 3.63) is 33.4 Å². The molecule has 8 heteroatoms. The minimum absolute atomic E-state index is 0.0329. The van der Waals surface area contributed by atoms with Gasteiger partial charge in [0.15, 0.2) is 0 Å². The molecule has 2 aliphatic heterocycles. The molecule has 2 fully saturated rings. The first-order valence-electron chi connectivity index (χ1n) is 12.5. The van der Waals surface area contributed by atoms with E-state index < -0.39 is 0 Å². The van der Waals surface area contributed by atoms with E-state index in [2.05, 4.69) is 17.3 Å². The fraction of sp³-hybridized carbons (Fsp3) is 0.720. The summed E-state index contributed by atoms with van der Waals surface area (Å²) in [6.45, 7) is 5.15. The van der Waals surface area contributed by atoms with Crippen LogP contribution >= 0.6 is 0 Å². The van der Waals surface area contributed by atoms with E-state index in [-0.39, 0.29) is 22.6 Å². The van der Waals surface area contributed by atoms with Crippen molar-refractivity contribution in [3.8, 4) is 0 Å². The molecule has 2 heterocycles. The van der Waals surface area contributed by atoms with Gasteiger partial charge in [-0.3, -0.25) is 14.9 Å². The Morgan fingerprint density at radius 2 is 1.76 bits per heavy atom. The largest absolute Gasteiger partial charge is 0.372 e. The molecule has 1 aromatic carbocycles. The van der Waals surface area contributed by atoms with Gasteiger partial charge in [0.1, 0.15) is 5.69 Å². The Hall–Kier alpha value is -2.19. The van der Waals surface area contributed by atoms with Gasteiger partial charge in [-0.25, -0.2) is 0 Å². The van der Waals surface area contributed by atoms with Gasteiger partial charge in [0.25, 0.3) is 11.6 Å². The van der Waals surface area contributed by atoms with Crippen LogP contribution in [0.5, 0.6) is 0 Å². The molecule has 4 rings (SSSR count). The van der Waals surface area contributed by atoms with Crippen LogP contribution in [0.3, 0.4) is 0 Å². The Balaban J connectivity index is 1.29.